The zero-order chi connectivity index (χ0) is 26.3. The number of para-hydroxylation sites is 1. The number of rotatable bonds is 8. The van der Waals surface area contributed by atoms with Crippen LogP contribution in [-0.2, 0) is 9.59 Å². The zero-order valence-corrected chi connectivity index (χ0v) is 22.2. The van der Waals surface area contributed by atoms with Crippen LogP contribution in [0.15, 0.2) is 59.5 Å². The molecule has 2 aromatic carbocycles. The average molecular weight is 521 g/mol. The Bertz CT molecular complexity index is 1300. The summed E-state index contributed by atoms with van der Waals surface area (Å²) in [7, 11) is 0. The number of amides is 3. The van der Waals surface area contributed by atoms with Gasteiger partial charge < -0.3 is 16.0 Å². The van der Waals surface area contributed by atoms with Crippen molar-refractivity contribution < 1.29 is 14.4 Å². The second-order valence-electron chi connectivity index (χ2n) is 9.34. The normalized spacial score (nSPS) is 10.9. The standard InChI is InChI=1S/C27H28N4O3S2/c1-17-21(15-28)26(36-24(17)25(34)30-18-9-6-5-7-10-18)31-23(33)16-35-20-12-8-11-19(13-20)29-22(32)14-27(2,3)4/h5-13H,14,16H2,1-4H3,(H,29,32)(H,30,34)(H,31,33). The summed E-state index contributed by atoms with van der Waals surface area (Å²) in [6, 6.07) is 18.4. The molecule has 0 spiro atoms. The first-order valence-corrected chi connectivity index (χ1v) is 13.1. The number of nitrogens with one attached hydrogen (secondary N) is 3. The van der Waals surface area contributed by atoms with Crippen LogP contribution in [0.3, 0.4) is 0 Å². The first-order chi connectivity index (χ1) is 17.1. The van der Waals surface area contributed by atoms with E-state index in [0.29, 0.717) is 33.2 Å². The van der Waals surface area contributed by atoms with E-state index in [9.17, 15) is 19.6 Å². The number of hydrogen-bond acceptors (Lipinski definition) is 6. The first-order valence-electron chi connectivity index (χ1n) is 11.3. The molecule has 0 aliphatic carbocycles. The lowest BCUT2D eigenvalue weighted by atomic mass is 9.92. The predicted molar refractivity (Wildman–Crippen MR) is 147 cm³/mol. The topological polar surface area (TPSA) is 111 Å². The van der Waals surface area contributed by atoms with E-state index in [0.717, 1.165) is 16.2 Å². The number of nitriles is 1. The fourth-order valence-electron chi connectivity index (χ4n) is 3.32. The number of thiophene rings is 1. The van der Waals surface area contributed by atoms with Crippen molar-refractivity contribution in [3.63, 3.8) is 0 Å². The number of anilines is 3. The molecular formula is C27H28N4O3S2. The van der Waals surface area contributed by atoms with Crippen LogP contribution in [0.1, 0.15) is 48.0 Å². The van der Waals surface area contributed by atoms with Crippen LogP contribution < -0.4 is 16.0 Å². The van der Waals surface area contributed by atoms with Gasteiger partial charge in [-0.15, -0.1) is 23.1 Å². The van der Waals surface area contributed by atoms with E-state index in [1.165, 1.54) is 11.8 Å². The van der Waals surface area contributed by atoms with Crippen LogP contribution in [-0.4, -0.2) is 23.5 Å². The maximum atomic E-state index is 12.7. The fraction of sp³-hybridized carbons (Fsp3) is 0.259. The van der Waals surface area contributed by atoms with Crippen molar-refractivity contribution in [3.05, 3.63) is 70.6 Å². The van der Waals surface area contributed by atoms with Crippen molar-refractivity contribution in [2.45, 2.75) is 39.0 Å². The molecule has 7 nitrogen and oxygen atoms in total. The molecule has 1 aromatic heterocycles. The van der Waals surface area contributed by atoms with Crippen molar-refractivity contribution in [3.8, 4) is 6.07 Å². The van der Waals surface area contributed by atoms with Gasteiger partial charge in [0, 0.05) is 22.7 Å². The molecule has 0 saturated carbocycles. The molecule has 0 saturated heterocycles. The Kier molecular flexibility index (Phi) is 8.91. The third-order valence-corrected chi connectivity index (χ3v) is 7.13. The maximum absolute atomic E-state index is 12.7. The monoisotopic (exact) mass is 520 g/mol. The van der Waals surface area contributed by atoms with Crippen LogP contribution in [0.2, 0.25) is 0 Å². The van der Waals surface area contributed by atoms with Gasteiger partial charge in [0.15, 0.2) is 0 Å². The molecule has 0 unspecified atom stereocenters. The van der Waals surface area contributed by atoms with Crippen LogP contribution in [0, 0.1) is 23.7 Å². The number of benzene rings is 2. The SMILES string of the molecule is Cc1c(C(=O)Nc2ccccc2)sc(NC(=O)CSc2cccc(NC(=O)CC(C)(C)C)c2)c1C#N. The minimum atomic E-state index is -0.333. The predicted octanol–water partition coefficient (Wildman–Crippen LogP) is 6.29. The fourth-order valence-corrected chi connectivity index (χ4v) is 5.15. The van der Waals surface area contributed by atoms with Crippen LogP contribution in [0.4, 0.5) is 16.4 Å². The highest BCUT2D eigenvalue weighted by molar-refractivity contribution is 8.00. The summed E-state index contributed by atoms with van der Waals surface area (Å²) in [6.45, 7) is 7.70. The van der Waals surface area contributed by atoms with Crippen molar-refractivity contribution in [2.24, 2.45) is 5.41 Å². The number of thioether (sulfide) groups is 1. The molecule has 0 aliphatic rings. The molecule has 3 aromatic rings. The number of hydrogen-bond donors (Lipinski definition) is 3. The molecule has 3 rings (SSSR count). The molecule has 0 radical (unpaired) electrons. The lowest BCUT2D eigenvalue weighted by Gasteiger charge is -2.17. The molecule has 0 aliphatic heterocycles. The Morgan fingerprint density at radius 1 is 0.944 bits per heavy atom. The summed E-state index contributed by atoms with van der Waals surface area (Å²) < 4.78 is 0. The van der Waals surface area contributed by atoms with E-state index in [1.54, 1.807) is 25.1 Å². The second-order valence-corrected chi connectivity index (χ2v) is 11.4. The third kappa shape index (κ3) is 7.70. The number of carbonyl (C=O) groups excluding carboxylic acids is 3. The third-order valence-electron chi connectivity index (χ3n) is 4.93. The van der Waals surface area contributed by atoms with E-state index >= 15 is 0 Å². The zero-order valence-electron chi connectivity index (χ0n) is 20.6. The Morgan fingerprint density at radius 3 is 2.31 bits per heavy atom. The molecule has 1 heterocycles. The molecule has 9 heteroatoms. The van der Waals surface area contributed by atoms with Gasteiger partial charge in [0.1, 0.15) is 11.1 Å². The van der Waals surface area contributed by atoms with Gasteiger partial charge in [0.25, 0.3) is 5.91 Å². The number of nitrogens with zero attached hydrogens (tertiary/aromatic N) is 1. The highest BCUT2D eigenvalue weighted by atomic mass is 32.2. The highest BCUT2D eigenvalue weighted by Crippen LogP contribution is 2.33. The largest absolute Gasteiger partial charge is 0.326 e. The molecule has 186 valence electrons. The van der Waals surface area contributed by atoms with Gasteiger partial charge in [-0.05, 0) is 48.2 Å². The molecule has 0 atom stereocenters. The molecule has 0 fully saturated rings. The maximum Gasteiger partial charge on any atom is 0.266 e. The van der Waals surface area contributed by atoms with E-state index in [-0.39, 0.29) is 34.5 Å². The van der Waals surface area contributed by atoms with Gasteiger partial charge >= 0.3 is 0 Å². The van der Waals surface area contributed by atoms with Crippen molar-refractivity contribution >= 4 is 57.2 Å². The van der Waals surface area contributed by atoms with E-state index in [2.05, 4.69) is 22.0 Å². The van der Waals surface area contributed by atoms with Crippen molar-refractivity contribution in [2.75, 3.05) is 21.7 Å². The lowest BCUT2D eigenvalue weighted by Crippen LogP contribution is -2.19. The van der Waals surface area contributed by atoms with Crippen LogP contribution >= 0.6 is 23.1 Å². The van der Waals surface area contributed by atoms with E-state index in [4.69, 9.17) is 0 Å². The summed E-state index contributed by atoms with van der Waals surface area (Å²) in [5.74, 6) is -0.589. The Morgan fingerprint density at radius 2 is 1.64 bits per heavy atom. The van der Waals surface area contributed by atoms with Gasteiger partial charge in [0.05, 0.1) is 16.2 Å². The Labute approximate surface area is 219 Å². The van der Waals surface area contributed by atoms with Crippen molar-refractivity contribution in [1.82, 2.24) is 0 Å². The quantitative estimate of drug-likeness (QED) is 0.303. The summed E-state index contributed by atoms with van der Waals surface area (Å²) in [5, 5.41) is 18.4. The summed E-state index contributed by atoms with van der Waals surface area (Å²) in [6.07, 6.45) is 0.402. The van der Waals surface area contributed by atoms with Gasteiger partial charge in [-0.1, -0.05) is 45.0 Å². The molecular weight excluding hydrogens is 492 g/mol. The summed E-state index contributed by atoms with van der Waals surface area (Å²) in [5.41, 5.74) is 2.01. The Hall–Kier alpha value is -3.61. The van der Waals surface area contributed by atoms with E-state index in [1.807, 2.05) is 57.2 Å². The Balaban J connectivity index is 1.62. The van der Waals surface area contributed by atoms with Crippen LogP contribution in [0.25, 0.3) is 0 Å². The highest BCUT2D eigenvalue weighted by Gasteiger charge is 2.22. The summed E-state index contributed by atoms with van der Waals surface area (Å²) in [4.78, 5) is 38.8. The minimum absolute atomic E-state index is 0.0633. The van der Waals surface area contributed by atoms with Gasteiger partial charge in [-0.25, -0.2) is 0 Å². The number of carbonyl (C=O) groups is 3. The first kappa shape index (κ1) is 27.0. The molecule has 0 bridgehead atoms. The molecule has 3 N–H and O–H groups in total. The lowest BCUT2D eigenvalue weighted by molar-refractivity contribution is -0.118. The summed E-state index contributed by atoms with van der Waals surface area (Å²) >= 11 is 2.39. The van der Waals surface area contributed by atoms with Crippen molar-refractivity contribution in [1.29, 1.82) is 5.26 Å². The van der Waals surface area contributed by atoms with E-state index < -0.39 is 0 Å². The van der Waals surface area contributed by atoms with Gasteiger partial charge in [-0.3, -0.25) is 14.4 Å². The molecule has 36 heavy (non-hydrogen) atoms. The second kappa shape index (κ2) is 11.9. The average Bonchev–Trinajstić information content (AvgIpc) is 3.12. The molecule has 3 amide bonds. The van der Waals surface area contributed by atoms with Gasteiger partial charge in [-0.2, -0.15) is 5.26 Å². The minimum Gasteiger partial charge on any atom is -0.326 e. The van der Waals surface area contributed by atoms with Crippen LogP contribution in [0.5, 0.6) is 0 Å². The van der Waals surface area contributed by atoms with Gasteiger partial charge in [0.2, 0.25) is 11.8 Å². The smallest absolute Gasteiger partial charge is 0.266 e.